The van der Waals surface area contributed by atoms with Gasteiger partial charge in [-0.05, 0) is 38.4 Å². The molecule has 0 aliphatic carbocycles. The summed E-state index contributed by atoms with van der Waals surface area (Å²) in [4.78, 5) is 18.3. The second-order valence-electron chi connectivity index (χ2n) is 6.82. The SMILES string of the molecule is CN(C)C[C@H]1CN(c2nc(-c3ccncc3)nc3ccccc23)CCO1. The Morgan fingerprint density at radius 2 is 1.92 bits per heavy atom. The van der Waals surface area contributed by atoms with Gasteiger partial charge in [0.2, 0.25) is 0 Å². The molecule has 0 bridgehead atoms. The van der Waals surface area contributed by atoms with Crippen LogP contribution in [0.25, 0.3) is 22.3 Å². The van der Waals surface area contributed by atoms with E-state index < -0.39 is 0 Å². The van der Waals surface area contributed by atoms with Crippen molar-refractivity contribution in [3.05, 3.63) is 48.8 Å². The number of hydrogen-bond acceptors (Lipinski definition) is 6. The molecule has 4 rings (SSSR count). The van der Waals surface area contributed by atoms with Gasteiger partial charge in [-0.3, -0.25) is 4.98 Å². The number of likely N-dealkylation sites (N-methyl/N-ethyl adjacent to an activating group) is 1. The highest BCUT2D eigenvalue weighted by Gasteiger charge is 2.24. The minimum atomic E-state index is 0.178. The van der Waals surface area contributed by atoms with Gasteiger partial charge in [0.15, 0.2) is 5.82 Å². The van der Waals surface area contributed by atoms with Crippen LogP contribution in [0.5, 0.6) is 0 Å². The van der Waals surface area contributed by atoms with Gasteiger partial charge in [0.05, 0.1) is 18.2 Å². The zero-order valence-electron chi connectivity index (χ0n) is 15.2. The molecular formula is C20H23N5O. The number of aromatic nitrogens is 3. The van der Waals surface area contributed by atoms with E-state index in [0.29, 0.717) is 6.61 Å². The van der Waals surface area contributed by atoms with Crippen molar-refractivity contribution < 1.29 is 4.74 Å². The van der Waals surface area contributed by atoms with Gasteiger partial charge in [0, 0.05) is 43.0 Å². The predicted molar refractivity (Wildman–Crippen MR) is 103 cm³/mol. The summed E-state index contributed by atoms with van der Waals surface area (Å²) in [6.45, 7) is 3.27. The van der Waals surface area contributed by atoms with Crippen LogP contribution in [0.1, 0.15) is 0 Å². The minimum Gasteiger partial charge on any atom is -0.373 e. The van der Waals surface area contributed by atoms with E-state index in [9.17, 15) is 0 Å². The van der Waals surface area contributed by atoms with Gasteiger partial charge < -0.3 is 14.5 Å². The Morgan fingerprint density at radius 1 is 1.12 bits per heavy atom. The molecule has 1 saturated heterocycles. The topological polar surface area (TPSA) is 54.4 Å². The maximum Gasteiger partial charge on any atom is 0.162 e. The standard InChI is InChI=1S/C20H23N5O/c1-24(2)13-16-14-25(11-12-26-16)20-17-5-3-4-6-18(17)22-19(23-20)15-7-9-21-10-8-15/h3-10,16H,11-14H2,1-2H3/t16-/m0/s1. The molecule has 1 fully saturated rings. The Kier molecular flexibility index (Phi) is 4.77. The van der Waals surface area contributed by atoms with E-state index in [4.69, 9.17) is 14.7 Å². The number of fused-ring (bicyclic) bond motifs is 1. The Bertz CT molecular complexity index is 884. The molecular weight excluding hydrogens is 326 g/mol. The summed E-state index contributed by atoms with van der Waals surface area (Å²) < 4.78 is 5.93. The van der Waals surface area contributed by atoms with Crippen LogP contribution in [-0.4, -0.2) is 66.3 Å². The first-order chi connectivity index (χ1) is 12.7. The largest absolute Gasteiger partial charge is 0.373 e. The molecule has 1 atom stereocenters. The third kappa shape index (κ3) is 3.52. The zero-order chi connectivity index (χ0) is 17.9. The molecule has 1 aromatic carbocycles. The van der Waals surface area contributed by atoms with Crippen molar-refractivity contribution in [2.24, 2.45) is 0 Å². The Hall–Kier alpha value is -2.57. The second-order valence-corrected chi connectivity index (χ2v) is 6.82. The fourth-order valence-corrected chi connectivity index (χ4v) is 3.36. The van der Waals surface area contributed by atoms with Gasteiger partial charge in [-0.1, -0.05) is 12.1 Å². The van der Waals surface area contributed by atoms with Crippen LogP contribution in [0.2, 0.25) is 0 Å². The maximum absolute atomic E-state index is 5.93. The Balaban J connectivity index is 1.75. The molecule has 2 aromatic heterocycles. The number of nitrogens with zero attached hydrogens (tertiary/aromatic N) is 5. The third-order valence-corrected chi connectivity index (χ3v) is 4.53. The predicted octanol–water partition coefficient (Wildman–Crippen LogP) is 2.46. The molecule has 0 saturated carbocycles. The van der Waals surface area contributed by atoms with Gasteiger partial charge in [0.25, 0.3) is 0 Å². The zero-order valence-corrected chi connectivity index (χ0v) is 15.2. The summed E-state index contributed by atoms with van der Waals surface area (Å²) in [5.74, 6) is 1.71. The van der Waals surface area contributed by atoms with Gasteiger partial charge in [0.1, 0.15) is 5.82 Å². The Labute approximate surface area is 153 Å². The van der Waals surface area contributed by atoms with Crippen molar-refractivity contribution in [3.8, 4) is 11.4 Å². The van der Waals surface area contributed by atoms with Crippen molar-refractivity contribution in [2.45, 2.75) is 6.10 Å². The average molecular weight is 349 g/mol. The molecule has 26 heavy (non-hydrogen) atoms. The van der Waals surface area contributed by atoms with E-state index in [1.54, 1.807) is 12.4 Å². The molecule has 0 unspecified atom stereocenters. The lowest BCUT2D eigenvalue weighted by Crippen LogP contribution is -2.46. The molecule has 134 valence electrons. The molecule has 1 aliphatic rings. The highest BCUT2D eigenvalue weighted by atomic mass is 16.5. The quantitative estimate of drug-likeness (QED) is 0.721. The van der Waals surface area contributed by atoms with Crippen LogP contribution in [0.15, 0.2) is 48.8 Å². The van der Waals surface area contributed by atoms with Gasteiger partial charge in [-0.15, -0.1) is 0 Å². The normalized spacial score (nSPS) is 17.8. The number of rotatable bonds is 4. The van der Waals surface area contributed by atoms with Gasteiger partial charge in [-0.2, -0.15) is 0 Å². The van der Waals surface area contributed by atoms with E-state index >= 15 is 0 Å². The number of morpholine rings is 1. The van der Waals surface area contributed by atoms with E-state index in [2.05, 4.69) is 34.9 Å². The fourth-order valence-electron chi connectivity index (χ4n) is 3.36. The van der Waals surface area contributed by atoms with E-state index in [0.717, 1.165) is 47.7 Å². The molecule has 6 heteroatoms. The highest BCUT2D eigenvalue weighted by molar-refractivity contribution is 5.91. The summed E-state index contributed by atoms with van der Waals surface area (Å²) in [5.41, 5.74) is 1.94. The van der Waals surface area contributed by atoms with Crippen LogP contribution in [0, 0.1) is 0 Å². The van der Waals surface area contributed by atoms with E-state index in [1.807, 2.05) is 30.3 Å². The van der Waals surface area contributed by atoms with E-state index in [1.165, 1.54) is 0 Å². The summed E-state index contributed by atoms with van der Waals surface area (Å²) in [6, 6.07) is 12.1. The lowest BCUT2D eigenvalue weighted by atomic mass is 10.1. The monoisotopic (exact) mass is 349 g/mol. The van der Waals surface area contributed by atoms with Crippen molar-refractivity contribution >= 4 is 16.7 Å². The summed E-state index contributed by atoms with van der Waals surface area (Å²) in [7, 11) is 4.15. The van der Waals surface area contributed by atoms with E-state index in [-0.39, 0.29) is 6.10 Å². The van der Waals surface area contributed by atoms with Crippen molar-refractivity contribution in [3.63, 3.8) is 0 Å². The van der Waals surface area contributed by atoms with Crippen LogP contribution in [0.3, 0.4) is 0 Å². The van der Waals surface area contributed by atoms with Crippen LogP contribution >= 0.6 is 0 Å². The summed E-state index contributed by atoms with van der Waals surface area (Å²) >= 11 is 0. The van der Waals surface area contributed by atoms with Gasteiger partial charge >= 0.3 is 0 Å². The first-order valence-corrected chi connectivity index (χ1v) is 8.89. The number of benzene rings is 1. The maximum atomic E-state index is 5.93. The molecule has 0 radical (unpaired) electrons. The molecule has 3 aromatic rings. The molecule has 1 aliphatic heterocycles. The summed E-state index contributed by atoms with van der Waals surface area (Å²) in [6.07, 6.45) is 3.72. The molecule has 3 heterocycles. The smallest absolute Gasteiger partial charge is 0.162 e. The first kappa shape index (κ1) is 16.9. The van der Waals surface area contributed by atoms with Crippen molar-refractivity contribution in [1.82, 2.24) is 19.9 Å². The van der Waals surface area contributed by atoms with Crippen LogP contribution < -0.4 is 4.90 Å². The van der Waals surface area contributed by atoms with Crippen molar-refractivity contribution in [1.29, 1.82) is 0 Å². The molecule has 0 amide bonds. The summed E-state index contributed by atoms with van der Waals surface area (Å²) in [5, 5.41) is 1.08. The molecule has 6 nitrogen and oxygen atoms in total. The second kappa shape index (κ2) is 7.35. The number of pyridine rings is 1. The number of para-hydroxylation sites is 1. The van der Waals surface area contributed by atoms with Crippen molar-refractivity contribution in [2.75, 3.05) is 45.2 Å². The lowest BCUT2D eigenvalue weighted by molar-refractivity contribution is 0.0246. The molecule has 0 N–H and O–H groups in total. The average Bonchev–Trinajstić information content (AvgIpc) is 2.67. The minimum absolute atomic E-state index is 0.178. The number of hydrogen-bond donors (Lipinski definition) is 0. The lowest BCUT2D eigenvalue weighted by Gasteiger charge is -2.35. The van der Waals surface area contributed by atoms with Crippen LogP contribution in [-0.2, 0) is 4.74 Å². The molecule has 0 spiro atoms. The van der Waals surface area contributed by atoms with Gasteiger partial charge in [-0.25, -0.2) is 9.97 Å². The highest BCUT2D eigenvalue weighted by Crippen LogP contribution is 2.28. The fraction of sp³-hybridized carbons (Fsp3) is 0.350. The number of ether oxygens (including phenoxy) is 1. The van der Waals surface area contributed by atoms with Crippen LogP contribution in [0.4, 0.5) is 5.82 Å². The third-order valence-electron chi connectivity index (χ3n) is 4.53. The number of anilines is 1. The Morgan fingerprint density at radius 3 is 2.73 bits per heavy atom. The first-order valence-electron chi connectivity index (χ1n) is 8.89.